The summed E-state index contributed by atoms with van der Waals surface area (Å²) >= 11 is 1.27. The normalized spacial score (nSPS) is 17.5. The van der Waals surface area contributed by atoms with E-state index in [4.69, 9.17) is 9.98 Å². The second-order valence-corrected chi connectivity index (χ2v) is 9.63. The minimum atomic E-state index is -0.964. The molecule has 0 unspecified atom stereocenters. The molecule has 4 aromatic rings. The van der Waals surface area contributed by atoms with Crippen molar-refractivity contribution < 1.29 is 19.4 Å². The first-order valence-electron chi connectivity index (χ1n) is 11.0. The van der Waals surface area contributed by atoms with Crippen LogP contribution in [0.2, 0.25) is 0 Å². The summed E-state index contributed by atoms with van der Waals surface area (Å²) in [7, 11) is 0. The van der Waals surface area contributed by atoms with Crippen LogP contribution in [0.3, 0.4) is 0 Å². The molecule has 1 aliphatic carbocycles. The van der Waals surface area contributed by atoms with Crippen LogP contribution in [0.4, 0.5) is 4.39 Å². The number of carbonyl (C=O) groups excluding carboxylic acids is 1. The quantitative estimate of drug-likeness (QED) is 0.355. The molecule has 1 amide bonds. The van der Waals surface area contributed by atoms with Gasteiger partial charge >= 0.3 is 5.69 Å². The lowest BCUT2D eigenvalue weighted by Gasteiger charge is -2.33. The zero-order chi connectivity index (χ0) is 24.3. The summed E-state index contributed by atoms with van der Waals surface area (Å²) in [5.41, 5.74) is 1.10. The lowest BCUT2D eigenvalue weighted by atomic mass is 10.2. The Bertz CT molecular complexity index is 1640. The van der Waals surface area contributed by atoms with Crippen LogP contribution in [0.5, 0.6) is 5.88 Å². The summed E-state index contributed by atoms with van der Waals surface area (Å²) in [5.74, 6) is -0.607. The molecule has 1 saturated heterocycles. The minimum Gasteiger partial charge on any atom is -0.493 e. The van der Waals surface area contributed by atoms with Gasteiger partial charge in [-0.2, -0.15) is 9.61 Å². The van der Waals surface area contributed by atoms with E-state index in [2.05, 4.69) is 10.1 Å². The predicted octanol–water partition coefficient (Wildman–Crippen LogP) is 0.00770. The Balaban J connectivity index is 1.47. The molecule has 4 aromatic heterocycles. The molecule has 0 aromatic carbocycles. The molecule has 35 heavy (non-hydrogen) atoms. The molecule has 1 saturated carbocycles. The molecule has 3 N–H and O–H groups in total. The zero-order valence-corrected chi connectivity index (χ0v) is 19.1. The van der Waals surface area contributed by atoms with Gasteiger partial charge in [-0.05, 0) is 31.1 Å². The number of thiophene rings is 1. The zero-order valence-electron chi connectivity index (χ0n) is 18.3. The van der Waals surface area contributed by atoms with Crippen LogP contribution in [0.15, 0.2) is 34.2 Å². The average Bonchev–Trinajstić information content (AvgIpc) is 3.23. The van der Waals surface area contributed by atoms with Crippen LogP contribution in [0.1, 0.15) is 28.2 Å². The number of alkyl halides is 1. The van der Waals surface area contributed by atoms with Crippen molar-refractivity contribution in [2.75, 3.05) is 13.1 Å². The number of likely N-dealkylation sites (tertiary alicyclic amines) is 1. The molecule has 0 radical (unpaired) electrons. The third kappa shape index (κ3) is 3.82. The van der Waals surface area contributed by atoms with E-state index in [-0.39, 0.29) is 30.7 Å². The van der Waals surface area contributed by atoms with E-state index in [9.17, 15) is 24.2 Å². The third-order valence-corrected chi connectivity index (χ3v) is 7.06. The highest BCUT2D eigenvalue weighted by molar-refractivity contribution is 7.17. The molecule has 0 spiro atoms. The van der Waals surface area contributed by atoms with Crippen LogP contribution in [-0.4, -0.2) is 70.5 Å². The first-order valence-corrected chi connectivity index (χ1v) is 11.8. The highest BCUT2D eigenvalue weighted by Crippen LogP contribution is 2.29. The number of imidazole rings is 1. The molecular formula is C22H20FN7O4S. The van der Waals surface area contributed by atoms with E-state index >= 15 is 0 Å². The number of aromatic nitrogens is 5. The number of H-pyrrole nitrogens is 1. The molecule has 0 atom stereocenters. The summed E-state index contributed by atoms with van der Waals surface area (Å²) < 4.78 is 15.6. The van der Waals surface area contributed by atoms with Crippen molar-refractivity contribution in [3.05, 3.63) is 56.2 Å². The lowest BCUT2D eigenvalue weighted by molar-refractivity contribution is 0.0405. The van der Waals surface area contributed by atoms with Crippen molar-refractivity contribution in [2.24, 2.45) is 4.99 Å². The number of nitrogens with zero attached hydrogens (tertiary/aromatic N) is 6. The van der Waals surface area contributed by atoms with Gasteiger partial charge in [-0.1, -0.05) is 0 Å². The molecule has 0 bridgehead atoms. The molecule has 6 rings (SSSR count). The van der Waals surface area contributed by atoms with E-state index in [1.807, 2.05) is 6.07 Å². The number of aliphatic hydroxyl groups is 1. The molecular weight excluding hydrogens is 477 g/mol. The largest absolute Gasteiger partial charge is 0.493 e. The molecule has 2 fully saturated rings. The van der Waals surface area contributed by atoms with Crippen molar-refractivity contribution in [1.82, 2.24) is 29.0 Å². The molecule has 11 nitrogen and oxygen atoms in total. The smallest absolute Gasteiger partial charge is 0.330 e. The maximum absolute atomic E-state index is 13.2. The predicted molar refractivity (Wildman–Crippen MR) is 123 cm³/mol. The maximum Gasteiger partial charge on any atom is 0.330 e. The van der Waals surface area contributed by atoms with Gasteiger partial charge in [0.05, 0.1) is 40.8 Å². The lowest BCUT2D eigenvalue weighted by Crippen LogP contribution is -2.51. The van der Waals surface area contributed by atoms with E-state index < -0.39 is 24.5 Å². The fourth-order valence-electron chi connectivity index (χ4n) is 3.88. The van der Waals surface area contributed by atoms with Gasteiger partial charge in [-0.25, -0.2) is 18.7 Å². The number of rotatable bonds is 5. The van der Waals surface area contributed by atoms with Crippen LogP contribution < -0.4 is 16.4 Å². The average molecular weight is 498 g/mol. The summed E-state index contributed by atoms with van der Waals surface area (Å²) in [6, 6.07) is 5.53. The van der Waals surface area contributed by atoms with Crippen molar-refractivity contribution >= 4 is 29.0 Å². The second kappa shape index (κ2) is 8.13. The molecule has 13 heteroatoms. The van der Waals surface area contributed by atoms with Gasteiger partial charge in [0.25, 0.3) is 5.91 Å². The Morgan fingerprint density at radius 3 is 2.83 bits per heavy atom. The van der Waals surface area contributed by atoms with Gasteiger partial charge in [-0.3, -0.25) is 9.79 Å². The molecule has 5 heterocycles. The third-order valence-electron chi connectivity index (χ3n) is 5.96. The number of halogens is 1. The number of aliphatic hydroxyl groups excluding tert-OH is 1. The highest BCUT2D eigenvalue weighted by atomic mass is 32.1. The Hall–Kier alpha value is -3.84. The Labute approximate surface area is 200 Å². The number of hydrogen-bond acceptors (Lipinski definition) is 8. The summed E-state index contributed by atoms with van der Waals surface area (Å²) in [6.07, 6.45) is 4.09. The number of carbonyl (C=O) groups is 1. The van der Waals surface area contributed by atoms with Gasteiger partial charge in [0.15, 0.2) is 11.1 Å². The van der Waals surface area contributed by atoms with Crippen LogP contribution in [0, 0.1) is 0 Å². The van der Waals surface area contributed by atoms with Crippen LogP contribution >= 0.6 is 11.3 Å². The fraction of sp³-hybridized carbons (Fsp3) is 0.318. The van der Waals surface area contributed by atoms with Crippen molar-refractivity contribution in [3.63, 3.8) is 0 Å². The first-order chi connectivity index (χ1) is 16.9. The number of fused-ring (bicyclic) bond motifs is 1. The number of aromatic hydroxyl groups is 1. The number of aromatic amines is 1. The number of amides is 1. The van der Waals surface area contributed by atoms with Crippen molar-refractivity contribution in [2.45, 2.75) is 31.8 Å². The fourth-order valence-corrected chi connectivity index (χ4v) is 4.81. The van der Waals surface area contributed by atoms with Gasteiger partial charge < -0.3 is 20.1 Å². The van der Waals surface area contributed by atoms with Crippen LogP contribution in [-0.2, 0) is 6.73 Å². The molecule has 2 aliphatic rings. The first kappa shape index (κ1) is 21.7. The summed E-state index contributed by atoms with van der Waals surface area (Å²) in [4.78, 5) is 39.2. The Kier molecular flexibility index (Phi) is 5.04. The maximum atomic E-state index is 13.2. The topological polar surface area (TPSA) is 141 Å². The van der Waals surface area contributed by atoms with E-state index in [0.717, 1.165) is 22.3 Å². The number of nitrogens with one attached hydrogen (secondary N) is 1. The van der Waals surface area contributed by atoms with E-state index in [1.54, 1.807) is 22.8 Å². The van der Waals surface area contributed by atoms with E-state index in [1.165, 1.54) is 22.3 Å². The van der Waals surface area contributed by atoms with Gasteiger partial charge in [0, 0.05) is 11.3 Å². The van der Waals surface area contributed by atoms with Gasteiger partial charge in [0.2, 0.25) is 5.88 Å². The van der Waals surface area contributed by atoms with Crippen molar-refractivity contribution in [3.8, 4) is 16.5 Å². The summed E-state index contributed by atoms with van der Waals surface area (Å²) in [6.45, 7) is -0.440. The van der Waals surface area contributed by atoms with Gasteiger partial charge in [-0.15, -0.1) is 11.3 Å². The van der Waals surface area contributed by atoms with E-state index in [0.29, 0.717) is 26.9 Å². The second-order valence-electron chi connectivity index (χ2n) is 8.55. The SMILES string of the molecule is O=C(c1ccc(-c2cc(=NC3CC3)n3nc/c(=C/c4[nH]c(=O)n(CO)c4O)c3n2)s1)N1CC(F)C1. The summed E-state index contributed by atoms with van der Waals surface area (Å²) in [5, 5.41) is 24.5. The number of hydrogen-bond donors (Lipinski definition) is 3. The Morgan fingerprint density at radius 1 is 1.34 bits per heavy atom. The standard InChI is InChI=1S/C22H20FN7O4S/c23-12-8-28(9-12)21(33)17-4-3-16(35-17)14-6-18(25-13-1-2-13)30-19(26-14)11(7-24-30)5-15-20(32)29(10-31)22(34)27-15/h3-7,12-13,31-32H,1-2,8-10H2,(H,27,34)/b11-5-,25-18?. The van der Waals surface area contributed by atoms with Crippen molar-refractivity contribution in [1.29, 1.82) is 0 Å². The van der Waals surface area contributed by atoms with Crippen LogP contribution in [0.25, 0.3) is 22.3 Å². The monoisotopic (exact) mass is 497 g/mol. The molecule has 1 aliphatic heterocycles. The highest BCUT2D eigenvalue weighted by Gasteiger charge is 2.31. The minimum absolute atomic E-state index is 0.108. The molecule has 180 valence electrons. The Morgan fingerprint density at radius 2 is 2.14 bits per heavy atom. The van der Waals surface area contributed by atoms with Gasteiger partial charge in [0.1, 0.15) is 18.6 Å².